The maximum absolute atomic E-state index is 5.71. The van der Waals surface area contributed by atoms with E-state index in [-0.39, 0.29) is 0 Å². The first kappa shape index (κ1) is 13.6. The van der Waals surface area contributed by atoms with Gasteiger partial charge in [0.25, 0.3) is 0 Å². The molecule has 0 spiro atoms. The van der Waals surface area contributed by atoms with Crippen molar-refractivity contribution >= 4 is 0 Å². The summed E-state index contributed by atoms with van der Waals surface area (Å²) in [5, 5.41) is 3.09. The average molecular weight is 256 g/mol. The van der Waals surface area contributed by atoms with E-state index in [1.165, 1.54) is 5.56 Å². The van der Waals surface area contributed by atoms with Crippen LogP contribution >= 0.6 is 0 Å². The molecule has 19 heavy (non-hydrogen) atoms. The van der Waals surface area contributed by atoms with Crippen LogP contribution in [-0.2, 0) is 13.0 Å². The van der Waals surface area contributed by atoms with Gasteiger partial charge in [0.15, 0.2) is 0 Å². The van der Waals surface area contributed by atoms with Crippen molar-refractivity contribution in [3.63, 3.8) is 0 Å². The van der Waals surface area contributed by atoms with Gasteiger partial charge in [0.05, 0.1) is 0 Å². The van der Waals surface area contributed by atoms with Gasteiger partial charge in [-0.3, -0.25) is 0 Å². The summed E-state index contributed by atoms with van der Waals surface area (Å²) in [7, 11) is 1.92. The van der Waals surface area contributed by atoms with Crippen LogP contribution in [0.25, 0.3) is 0 Å². The number of hydrogen-bond acceptors (Lipinski definition) is 3. The van der Waals surface area contributed by atoms with Crippen molar-refractivity contribution in [1.82, 2.24) is 10.3 Å². The molecule has 2 aromatic rings. The lowest BCUT2D eigenvalue weighted by molar-refractivity contribution is 0.462. The van der Waals surface area contributed by atoms with Crippen LogP contribution in [0.4, 0.5) is 0 Å². The third kappa shape index (κ3) is 4.07. The molecule has 0 amide bonds. The molecule has 0 unspecified atom stereocenters. The number of aryl methyl sites for hydroxylation is 1. The second-order valence-corrected chi connectivity index (χ2v) is 4.53. The smallest absolute Gasteiger partial charge is 0.219 e. The number of hydrogen-bond donors (Lipinski definition) is 1. The van der Waals surface area contributed by atoms with E-state index in [0.29, 0.717) is 5.88 Å². The lowest BCUT2D eigenvalue weighted by Crippen LogP contribution is -2.05. The highest BCUT2D eigenvalue weighted by atomic mass is 16.5. The minimum absolute atomic E-state index is 0.628. The highest BCUT2D eigenvalue weighted by Gasteiger charge is 1.99. The third-order valence-corrected chi connectivity index (χ3v) is 2.86. The van der Waals surface area contributed by atoms with Gasteiger partial charge in [0.1, 0.15) is 5.75 Å². The van der Waals surface area contributed by atoms with E-state index in [1.54, 1.807) is 0 Å². The summed E-state index contributed by atoms with van der Waals surface area (Å²) >= 11 is 0. The van der Waals surface area contributed by atoms with E-state index in [0.717, 1.165) is 30.7 Å². The van der Waals surface area contributed by atoms with Crippen molar-refractivity contribution in [2.24, 2.45) is 0 Å². The van der Waals surface area contributed by atoms with Crippen LogP contribution in [0, 0.1) is 0 Å². The Bertz CT molecular complexity index is 444. The standard InChI is InChI=1S/C16H20N2O/c1-3-4-13-5-8-15(9-6-13)19-16-10-7-14(11-17-2)12-18-16/h5-10,12,17H,3-4,11H2,1-2H3. The van der Waals surface area contributed by atoms with Crippen molar-refractivity contribution in [3.8, 4) is 11.6 Å². The van der Waals surface area contributed by atoms with Gasteiger partial charge in [-0.1, -0.05) is 31.5 Å². The first-order valence-electron chi connectivity index (χ1n) is 6.68. The Morgan fingerprint density at radius 1 is 1.05 bits per heavy atom. The molecule has 1 aromatic heterocycles. The molecule has 0 fully saturated rings. The Labute approximate surface area is 114 Å². The van der Waals surface area contributed by atoms with Gasteiger partial charge in [0.2, 0.25) is 5.88 Å². The number of pyridine rings is 1. The van der Waals surface area contributed by atoms with E-state index in [4.69, 9.17) is 4.74 Å². The van der Waals surface area contributed by atoms with E-state index in [9.17, 15) is 0 Å². The summed E-state index contributed by atoms with van der Waals surface area (Å²) in [5.41, 5.74) is 2.49. The molecular formula is C16H20N2O. The predicted molar refractivity (Wildman–Crippen MR) is 77.5 cm³/mol. The van der Waals surface area contributed by atoms with Gasteiger partial charge in [-0.2, -0.15) is 0 Å². The van der Waals surface area contributed by atoms with Crippen molar-refractivity contribution < 1.29 is 4.74 Å². The number of ether oxygens (including phenoxy) is 1. The molecule has 100 valence electrons. The third-order valence-electron chi connectivity index (χ3n) is 2.86. The average Bonchev–Trinajstić information content (AvgIpc) is 2.44. The number of nitrogens with one attached hydrogen (secondary N) is 1. The summed E-state index contributed by atoms with van der Waals surface area (Å²) in [4.78, 5) is 4.29. The summed E-state index contributed by atoms with van der Waals surface area (Å²) in [5.74, 6) is 1.46. The molecule has 3 nitrogen and oxygen atoms in total. The molecule has 0 atom stereocenters. The van der Waals surface area contributed by atoms with Crippen LogP contribution in [0.3, 0.4) is 0 Å². The van der Waals surface area contributed by atoms with Gasteiger partial charge >= 0.3 is 0 Å². The summed E-state index contributed by atoms with van der Waals surface area (Å²) in [6.45, 7) is 3.00. The Balaban J connectivity index is 1.99. The van der Waals surface area contributed by atoms with Crippen LogP contribution in [0.2, 0.25) is 0 Å². The van der Waals surface area contributed by atoms with E-state index >= 15 is 0 Å². The van der Waals surface area contributed by atoms with Crippen LogP contribution in [-0.4, -0.2) is 12.0 Å². The second kappa shape index (κ2) is 6.90. The van der Waals surface area contributed by atoms with Crippen molar-refractivity contribution in [1.29, 1.82) is 0 Å². The van der Waals surface area contributed by atoms with Gasteiger partial charge in [-0.25, -0.2) is 4.98 Å². The quantitative estimate of drug-likeness (QED) is 0.858. The second-order valence-electron chi connectivity index (χ2n) is 4.53. The Morgan fingerprint density at radius 3 is 2.37 bits per heavy atom. The molecule has 0 saturated heterocycles. The SMILES string of the molecule is CCCc1ccc(Oc2ccc(CNC)cn2)cc1. The van der Waals surface area contributed by atoms with E-state index in [2.05, 4.69) is 29.4 Å². The molecule has 2 rings (SSSR count). The predicted octanol–water partition coefficient (Wildman–Crippen LogP) is 3.55. The molecule has 0 aliphatic heterocycles. The van der Waals surface area contributed by atoms with Crippen LogP contribution in [0.5, 0.6) is 11.6 Å². The minimum atomic E-state index is 0.628. The highest BCUT2D eigenvalue weighted by Crippen LogP contribution is 2.20. The van der Waals surface area contributed by atoms with Crippen LogP contribution < -0.4 is 10.1 Å². The minimum Gasteiger partial charge on any atom is -0.439 e. The van der Waals surface area contributed by atoms with Crippen LogP contribution in [0.15, 0.2) is 42.6 Å². The Hall–Kier alpha value is -1.87. The van der Waals surface area contributed by atoms with Gasteiger partial charge in [-0.15, -0.1) is 0 Å². The number of nitrogens with zero attached hydrogens (tertiary/aromatic N) is 1. The summed E-state index contributed by atoms with van der Waals surface area (Å²) < 4.78 is 5.71. The van der Waals surface area contributed by atoms with Gasteiger partial charge in [-0.05, 0) is 36.7 Å². The molecule has 0 bridgehead atoms. The number of benzene rings is 1. The van der Waals surface area contributed by atoms with Crippen LogP contribution in [0.1, 0.15) is 24.5 Å². The number of rotatable bonds is 6. The summed E-state index contributed by atoms with van der Waals surface area (Å²) in [6, 6.07) is 12.1. The monoisotopic (exact) mass is 256 g/mol. The lowest BCUT2D eigenvalue weighted by Gasteiger charge is -2.06. The molecule has 0 aliphatic carbocycles. The molecule has 0 saturated carbocycles. The lowest BCUT2D eigenvalue weighted by atomic mass is 10.1. The first-order valence-corrected chi connectivity index (χ1v) is 6.68. The zero-order valence-electron chi connectivity index (χ0n) is 11.5. The largest absolute Gasteiger partial charge is 0.439 e. The molecule has 1 aromatic carbocycles. The fourth-order valence-electron chi connectivity index (χ4n) is 1.91. The van der Waals surface area contributed by atoms with Gasteiger partial charge in [0, 0.05) is 18.8 Å². The van der Waals surface area contributed by atoms with Crippen molar-refractivity contribution in [2.75, 3.05) is 7.05 Å². The number of aromatic nitrogens is 1. The Kier molecular flexibility index (Phi) is 4.93. The first-order chi connectivity index (χ1) is 9.31. The molecule has 3 heteroatoms. The normalized spacial score (nSPS) is 10.4. The Morgan fingerprint density at radius 2 is 1.79 bits per heavy atom. The topological polar surface area (TPSA) is 34.1 Å². The van der Waals surface area contributed by atoms with E-state index < -0.39 is 0 Å². The van der Waals surface area contributed by atoms with Crippen molar-refractivity contribution in [2.45, 2.75) is 26.3 Å². The maximum Gasteiger partial charge on any atom is 0.219 e. The van der Waals surface area contributed by atoms with Crippen molar-refractivity contribution in [3.05, 3.63) is 53.7 Å². The van der Waals surface area contributed by atoms with E-state index in [1.807, 2.05) is 37.5 Å². The van der Waals surface area contributed by atoms with Gasteiger partial charge < -0.3 is 10.1 Å². The molecule has 0 radical (unpaired) electrons. The zero-order valence-corrected chi connectivity index (χ0v) is 11.5. The fraction of sp³-hybridized carbons (Fsp3) is 0.312. The summed E-state index contributed by atoms with van der Waals surface area (Å²) in [6.07, 6.45) is 4.10. The molecule has 1 heterocycles. The molecule has 0 aliphatic rings. The highest BCUT2D eigenvalue weighted by molar-refractivity contribution is 5.31. The molecular weight excluding hydrogens is 236 g/mol. The fourth-order valence-corrected chi connectivity index (χ4v) is 1.91. The zero-order chi connectivity index (χ0) is 13.5. The maximum atomic E-state index is 5.71. The molecule has 1 N–H and O–H groups in total.